The number of carbonyl (C=O) groups is 1. The zero-order chi connectivity index (χ0) is 19.4. The van der Waals surface area contributed by atoms with E-state index < -0.39 is 0 Å². The van der Waals surface area contributed by atoms with Crippen LogP contribution in [0.4, 0.5) is 0 Å². The molecule has 27 heavy (non-hydrogen) atoms. The smallest absolute Gasteiger partial charge is 0.266 e. The third-order valence-corrected chi connectivity index (χ3v) is 5.74. The van der Waals surface area contributed by atoms with Crippen molar-refractivity contribution in [3.63, 3.8) is 0 Å². The molecule has 140 valence electrons. The van der Waals surface area contributed by atoms with E-state index in [0.29, 0.717) is 38.7 Å². The molecule has 1 aliphatic rings. The average Bonchev–Trinajstić information content (AvgIpc) is 2.94. The van der Waals surface area contributed by atoms with Gasteiger partial charge in [-0.2, -0.15) is 0 Å². The molecule has 0 saturated carbocycles. The van der Waals surface area contributed by atoms with Gasteiger partial charge in [-0.25, -0.2) is 0 Å². The summed E-state index contributed by atoms with van der Waals surface area (Å²) in [6.45, 7) is 0.512. The van der Waals surface area contributed by atoms with E-state index in [9.17, 15) is 4.79 Å². The lowest BCUT2D eigenvalue weighted by Gasteiger charge is -2.15. The fraction of sp³-hybridized carbons (Fsp3) is 0.200. The maximum absolute atomic E-state index is 12.7. The van der Waals surface area contributed by atoms with E-state index in [4.69, 9.17) is 33.3 Å². The Balaban J connectivity index is 1.70. The molecular weight excluding hydrogens is 402 g/mol. The van der Waals surface area contributed by atoms with E-state index in [0.717, 1.165) is 11.1 Å². The van der Waals surface area contributed by atoms with Gasteiger partial charge in [0, 0.05) is 11.6 Å². The summed E-state index contributed by atoms with van der Waals surface area (Å²) in [5.41, 5.74) is 1.96. The number of hydrogen-bond donors (Lipinski definition) is 0. The number of benzene rings is 2. The van der Waals surface area contributed by atoms with Crippen molar-refractivity contribution in [2.24, 2.45) is 0 Å². The molecule has 7 heteroatoms. The van der Waals surface area contributed by atoms with Crippen molar-refractivity contribution in [1.82, 2.24) is 4.90 Å². The molecule has 2 aromatic carbocycles. The Morgan fingerprint density at radius 2 is 1.81 bits per heavy atom. The van der Waals surface area contributed by atoms with Crippen LogP contribution in [0.1, 0.15) is 11.1 Å². The van der Waals surface area contributed by atoms with E-state index in [-0.39, 0.29) is 5.91 Å². The molecule has 0 aliphatic carbocycles. The summed E-state index contributed by atoms with van der Waals surface area (Å²) in [6.07, 6.45) is 2.51. The van der Waals surface area contributed by atoms with Gasteiger partial charge in [0.05, 0.1) is 19.1 Å². The molecule has 0 spiro atoms. The van der Waals surface area contributed by atoms with Crippen LogP contribution in [0.2, 0.25) is 5.02 Å². The number of ether oxygens (including phenoxy) is 2. The number of rotatable bonds is 6. The maximum Gasteiger partial charge on any atom is 0.266 e. The minimum Gasteiger partial charge on any atom is -0.493 e. The fourth-order valence-corrected chi connectivity index (χ4v) is 4.11. The summed E-state index contributed by atoms with van der Waals surface area (Å²) in [7, 11) is 3.20. The first-order chi connectivity index (χ1) is 13.0. The summed E-state index contributed by atoms with van der Waals surface area (Å²) < 4.78 is 11.2. The van der Waals surface area contributed by atoms with Gasteiger partial charge in [-0.15, -0.1) is 0 Å². The lowest BCUT2D eigenvalue weighted by Crippen LogP contribution is -2.30. The summed E-state index contributed by atoms with van der Waals surface area (Å²) in [6, 6.07) is 13.1. The quantitative estimate of drug-likeness (QED) is 0.496. The van der Waals surface area contributed by atoms with Gasteiger partial charge in [-0.3, -0.25) is 9.69 Å². The Morgan fingerprint density at radius 3 is 2.48 bits per heavy atom. The molecule has 1 heterocycles. The standard InChI is InChI=1S/C20H18ClNO3S2/c1-24-16-8-5-14(11-17(16)25-2)9-10-22-19(23)18(27-20(22)26)12-13-3-6-15(21)7-4-13/h3-8,11-12H,9-10H2,1-2H3/b18-12+. The number of thioether (sulfide) groups is 1. The van der Waals surface area contributed by atoms with Crippen LogP contribution >= 0.6 is 35.6 Å². The lowest BCUT2D eigenvalue weighted by atomic mass is 10.1. The Kier molecular flexibility index (Phi) is 6.42. The second kappa shape index (κ2) is 8.78. The van der Waals surface area contributed by atoms with Gasteiger partial charge in [0.1, 0.15) is 4.32 Å². The molecule has 0 radical (unpaired) electrons. The van der Waals surface area contributed by atoms with Crippen molar-refractivity contribution in [1.29, 1.82) is 0 Å². The molecule has 2 aromatic rings. The van der Waals surface area contributed by atoms with Gasteiger partial charge in [0.2, 0.25) is 0 Å². The number of hydrogen-bond acceptors (Lipinski definition) is 5. The molecule has 1 fully saturated rings. The topological polar surface area (TPSA) is 38.8 Å². The first kappa shape index (κ1) is 19.7. The average molecular weight is 420 g/mol. The van der Waals surface area contributed by atoms with Crippen molar-refractivity contribution >= 4 is 51.9 Å². The van der Waals surface area contributed by atoms with Gasteiger partial charge in [0.25, 0.3) is 5.91 Å². The van der Waals surface area contributed by atoms with Crippen LogP contribution in [0.15, 0.2) is 47.4 Å². The maximum atomic E-state index is 12.7. The third-order valence-electron chi connectivity index (χ3n) is 4.11. The van der Waals surface area contributed by atoms with Crippen molar-refractivity contribution in [2.75, 3.05) is 20.8 Å². The zero-order valence-electron chi connectivity index (χ0n) is 14.9. The summed E-state index contributed by atoms with van der Waals surface area (Å²) >= 11 is 12.6. The highest BCUT2D eigenvalue weighted by atomic mass is 35.5. The Hall–Kier alpha value is -2.02. The van der Waals surface area contributed by atoms with Gasteiger partial charge in [-0.05, 0) is 47.9 Å². The van der Waals surface area contributed by atoms with E-state index in [2.05, 4.69) is 0 Å². The normalized spacial score (nSPS) is 15.5. The fourth-order valence-electron chi connectivity index (χ4n) is 2.68. The Labute approximate surface area is 173 Å². The van der Waals surface area contributed by atoms with E-state index in [1.807, 2.05) is 36.4 Å². The number of carbonyl (C=O) groups excluding carboxylic acids is 1. The molecular formula is C20H18ClNO3S2. The second-order valence-corrected chi connectivity index (χ2v) is 7.94. The summed E-state index contributed by atoms with van der Waals surface area (Å²) in [5.74, 6) is 1.28. The molecule has 0 unspecified atom stereocenters. The molecule has 4 nitrogen and oxygen atoms in total. The van der Waals surface area contributed by atoms with Crippen LogP contribution in [-0.4, -0.2) is 35.9 Å². The van der Waals surface area contributed by atoms with E-state index in [1.165, 1.54) is 11.8 Å². The monoisotopic (exact) mass is 419 g/mol. The number of thiocarbonyl (C=S) groups is 1. The molecule has 0 N–H and O–H groups in total. The highest BCUT2D eigenvalue weighted by molar-refractivity contribution is 8.26. The molecule has 1 saturated heterocycles. The zero-order valence-corrected chi connectivity index (χ0v) is 17.3. The first-order valence-corrected chi connectivity index (χ1v) is 9.84. The highest BCUT2D eigenvalue weighted by Gasteiger charge is 2.31. The number of halogens is 1. The van der Waals surface area contributed by atoms with E-state index >= 15 is 0 Å². The van der Waals surface area contributed by atoms with Crippen LogP contribution in [0, 0.1) is 0 Å². The van der Waals surface area contributed by atoms with Gasteiger partial charge < -0.3 is 9.47 Å². The molecule has 1 amide bonds. The van der Waals surface area contributed by atoms with Gasteiger partial charge >= 0.3 is 0 Å². The van der Waals surface area contributed by atoms with Crippen LogP contribution in [0.5, 0.6) is 11.5 Å². The van der Waals surface area contributed by atoms with Gasteiger partial charge in [0.15, 0.2) is 11.5 Å². The minimum absolute atomic E-state index is 0.0690. The molecule has 0 aromatic heterocycles. The predicted octanol–water partition coefficient (Wildman–Crippen LogP) is 4.80. The van der Waals surface area contributed by atoms with Crippen LogP contribution in [0.25, 0.3) is 6.08 Å². The summed E-state index contributed by atoms with van der Waals surface area (Å²) in [4.78, 5) is 15.0. The summed E-state index contributed by atoms with van der Waals surface area (Å²) in [5, 5.41) is 0.662. The Morgan fingerprint density at radius 1 is 1.11 bits per heavy atom. The molecule has 1 aliphatic heterocycles. The van der Waals surface area contributed by atoms with Crippen molar-refractivity contribution in [3.05, 3.63) is 63.5 Å². The third kappa shape index (κ3) is 4.64. The SMILES string of the molecule is COc1ccc(CCN2C(=O)/C(=C\c3ccc(Cl)cc3)SC2=S)cc1OC. The highest BCUT2D eigenvalue weighted by Crippen LogP contribution is 2.33. The number of nitrogens with zero attached hydrogens (tertiary/aromatic N) is 1. The minimum atomic E-state index is -0.0690. The first-order valence-electron chi connectivity index (χ1n) is 8.23. The predicted molar refractivity (Wildman–Crippen MR) is 115 cm³/mol. The Bertz CT molecular complexity index is 897. The number of methoxy groups -OCH3 is 2. The van der Waals surface area contributed by atoms with Crippen LogP contribution in [-0.2, 0) is 11.2 Å². The number of amides is 1. The van der Waals surface area contributed by atoms with Crippen molar-refractivity contribution in [3.8, 4) is 11.5 Å². The van der Waals surface area contributed by atoms with E-state index in [1.54, 1.807) is 31.3 Å². The van der Waals surface area contributed by atoms with Crippen molar-refractivity contribution in [2.45, 2.75) is 6.42 Å². The molecule has 0 atom stereocenters. The van der Waals surface area contributed by atoms with Gasteiger partial charge in [-0.1, -0.05) is 53.8 Å². The second-order valence-electron chi connectivity index (χ2n) is 5.82. The largest absolute Gasteiger partial charge is 0.493 e. The lowest BCUT2D eigenvalue weighted by molar-refractivity contribution is -0.122. The van der Waals surface area contributed by atoms with Crippen LogP contribution < -0.4 is 9.47 Å². The van der Waals surface area contributed by atoms with Crippen LogP contribution in [0.3, 0.4) is 0 Å². The van der Waals surface area contributed by atoms with Crippen molar-refractivity contribution < 1.29 is 14.3 Å². The molecule has 3 rings (SSSR count). The molecule has 0 bridgehead atoms.